The van der Waals surface area contributed by atoms with E-state index in [9.17, 15) is 9.59 Å². The maximum atomic E-state index is 13.8. The predicted molar refractivity (Wildman–Crippen MR) is 148 cm³/mol. The van der Waals surface area contributed by atoms with Crippen LogP contribution in [0.15, 0.2) is 66.7 Å². The highest BCUT2D eigenvalue weighted by atomic mass is 35.5. The maximum Gasteiger partial charge on any atom is 0.243 e. The van der Waals surface area contributed by atoms with Gasteiger partial charge in [-0.25, -0.2) is 0 Å². The molecule has 4 nitrogen and oxygen atoms in total. The van der Waals surface area contributed by atoms with Crippen molar-refractivity contribution >= 4 is 35.0 Å². The zero-order valence-corrected chi connectivity index (χ0v) is 22.7. The third-order valence-electron chi connectivity index (χ3n) is 6.38. The van der Waals surface area contributed by atoms with Crippen molar-refractivity contribution in [2.45, 2.75) is 59.0 Å². The van der Waals surface area contributed by atoms with Gasteiger partial charge in [-0.2, -0.15) is 0 Å². The molecule has 0 unspecified atom stereocenters. The van der Waals surface area contributed by atoms with Gasteiger partial charge in [0, 0.05) is 29.6 Å². The molecule has 3 aromatic rings. The van der Waals surface area contributed by atoms with Crippen molar-refractivity contribution in [3.63, 3.8) is 0 Å². The molecule has 0 bridgehead atoms. The van der Waals surface area contributed by atoms with E-state index in [2.05, 4.69) is 12.2 Å². The Morgan fingerprint density at radius 2 is 1.67 bits per heavy atom. The summed E-state index contributed by atoms with van der Waals surface area (Å²) < 4.78 is 0. The Kier molecular flexibility index (Phi) is 10.4. The summed E-state index contributed by atoms with van der Waals surface area (Å²) in [7, 11) is 0. The Balaban J connectivity index is 1.98. The second-order valence-electron chi connectivity index (χ2n) is 9.20. The molecule has 0 aliphatic rings. The molecule has 0 aromatic heterocycles. The van der Waals surface area contributed by atoms with Gasteiger partial charge in [0.05, 0.1) is 6.42 Å². The first-order valence-corrected chi connectivity index (χ1v) is 13.1. The molecule has 36 heavy (non-hydrogen) atoms. The summed E-state index contributed by atoms with van der Waals surface area (Å²) in [6, 6.07) is 20.4. The Hall–Kier alpha value is -2.82. The van der Waals surface area contributed by atoms with E-state index in [1.54, 1.807) is 17.0 Å². The molecule has 3 rings (SSSR count). The quantitative estimate of drug-likeness (QED) is 0.283. The minimum absolute atomic E-state index is 0.129. The van der Waals surface area contributed by atoms with Crippen LogP contribution in [0.4, 0.5) is 0 Å². The van der Waals surface area contributed by atoms with E-state index in [-0.39, 0.29) is 24.8 Å². The third-order valence-corrected chi connectivity index (χ3v) is 6.97. The van der Waals surface area contributed by atoms with E-state index in [4.69, 9.17) is 23.2 Å². The average Bonchev–Trinajstić information content (AvgIpc) is 2.85. The van der Waals surface area contributed by atoms with E-state index in [1.165, 1.54) is 5.56 Å². The minimum Gasteiger partial charge on any atom is -0.354 e. The van der Waals surface area contributed by atoms with Gasteiger partial charge in [-0.3, -0.25) is 9.59 Å². The number of nitrogens with one attached hydrogen (secondary N) is 1. The van der Waals surface area contributed by atoms with Crippen LogP contribution in [0.1, 0.15) is 47.6 Å². The first-order chi connectivity index (χ1) is 17.3. The SMILES string of the molecule is CCCCNC(=O)[C@H](Cc1ccccc1)N(Cc1ccc(Cl)cc1Cl)C(=O)Cc1ccc(C)c(C)c1. The van der Waals surface area contributed by atoms with Gasteiger partial charge in [-0.1, -0.05) is 91.1 Å². The molecule has 0 heterocycles. The summed E-state index contributed by atoms with van der Waals surface area (Å²) in [6.07, 6.45) is 2.45. The van der Waals surface area contributed by atoms with Crippen LogP contribution in [0.3, 0.4) is 0 Å². The standard InChI is InChI=1S/C30H34Cl2N2O2/c1-4-5-15-33-30(36)28(17-23-9-7-6-8-10-23)34(20-25-13-14-26(31)19-27(25)32)29(35)18-24-12-11-21(2)22(3)16-24/h6-14,16,19,28H,4-5,15,17-18,20H2,1-3H3,(H,33,36)/t28-/m0/s1. The number of carbonyl (C=O) groups excluding carboxylic acids is 2. The van der Waals surface area contributed by atoms with E-state index in [1.807, 2.05) is 68.4 Å². The molecule has 0 saturated heterocycles. The largest absolute Gasteiger partial charge is 0.354 e. The summed E-state index contributed by atoms with van der Waals surface area (Å²) in [4.78, 5) is 29.0. The van der Waals surface area contributed by atoms with Crippen LogP contribution in [0.5, 0.6) is 0 Å². The van der Waals surface area contributed by atoms with E-state index in [0.717, 1.165) is 35.1 Å². The monoisotopic (exact) mass is 524 g/mol. The van der Waals surface area contributed by atoms with Crippen molar-refractivity contribution in [2.75, 3.05) is 6.54 Å². The number of benzene rings is 3. The van der Waals surface area contributed by atoms with Gasteiger partial charge in [0.25, 0.3) is 0 Å². The third kappa shape index (κ3) is 7.84. The Morgan fingerprint density at radius 1 is 0.917 bits per heavy atom. The average molecular weight is 526 g/mol. The molecular weight excluding hydrogens is 491 g/mol. The topological polar surface area (TPSA) is 49.4 Å². The van der Waals surface area contributed by atoms with Crippen LogP contribution in [-0.4, -0.2) is 29.3 Å². The predicted octanol–water partition coefficient (Wildman–Crippen LogP) is 6.71. The van der Waals surface area contributed by atoms with E-state index < -0.39 is 6.04 Å². The molecule has 0 spiro atoms. The molecule has 190 valence electrons. The Morgan fingerprint density at radius 3 is 2.33 bits per heavy atom. The van der Waals surface area contributed by atoms with Crippen LogP contribution < -0.4 is 5.32 Å². The number of unbranched alkanes of at least 4 members (excludes halogenated alkanes) is 1. The van der Waals surface area contributed by atoms with Crippen LogP contribution >= 0.6 is 23.2 Å². The van der Waals surface area contributed by atoms with Gasteiger partial charge in [0.15, 0.2) is 0 Å². The lowest BCUT2D eigenvalue weighted by molar-refractivity contribution is -0.140. The first kappa shape index (κ1) is 27.8. The number of aryl methyl sites for hydroxylation is 2. The second kappa shape index (κ2) is 13.5. The van der Waals surface area contributed by atoms with Gasteiger partial charge in [0.1, 0.15) is 6.04 Å². The highest BCUT2D eigenvalue weighted by molar-refractivity contribution is 6.35. The molecule has 0 fully saturated rings. The molecule has 0 saturated carbocycles. The second-order valence-corrected chi connectivity index (χ2v) is 10.0. The van der Waals surface area contributed by atoms with Gasteiger partial charge in [-0.05, 0) is 60.2 Å². The fourth-order valence-electron chi connectivity index (χ4n) is 4.08. The number of carbonyl (C=O) groups is 2. The lowest BCUT2D eigenvalue weighted by atomic mass is 10.00. The zero-order chi connectivity index (χ0) is 26.1. The van der Waals surface area contributed by atoms with Crippen LogP contribution in [0, 0.1) is 13.8 Å². The summed E-state index contributed by atoms with van der Waals surface area (Å²) in [5.41, 5.74) is 4.95. The van der Waals surface area contributed by atoms with Crippen molar-refractivity contribution in [3.05, 3.63) is 105 Å². The summed E-state index contributed by atoms with van der Waals surface area (Å²) in [5.74, 6) is -0.290. The molecule has 0 aliphatic carbocycles. The first-order valence-electron chi connectivity index (χ1n) is 12.4. The van der Waals surface area contributed by atoms with E-state index in [0.29, 0.717) is 23.0 Å². The Bertz CT molecular complexity index is 1180. The highest BCUT2D eigenvalue weighted by Gasteiger charge is 2.30. The number of hydrogen-bond donors (Lipinski definition) is 1. The minimum atomic E-state index is -0.685. The molecule has 1 atom stereocenters. The molecular formula is C30H34Cl2N2O2. The number of rotatable bonds is 11. The lowest BCUT2D eigenvalue weighted by Crippen LogP contribution is -2.51. The fourth-order valence-corrected chi connectivity index (χ4v) is 4.55. The number of hydrogen-bond acceptors (Lipinski definition) is 2. The summed E-state index contributed by atoms with van der Waals surface area (Å²) in [6.45, 7) is 6.94. The maximum absolute atomic E-state index is 13.8. The molecule has 0 radical (unpaired) electrons. The van der Waals surface area contributed by atoms with Gasteiger partial charge in [-0.15, -0.1) is 0 Å². The van der Waals surface area contributed by atoms with Gasteiger partial charge in [0.2, 0.25) is 11.8 Å². The normalized spacial score (nSPS) is 11.7. The van der Waals surface area contributed by atoms with Gasteiger partial charge < -0.3 is 10.2 Å². The van der Waals surface area contributed by atoms with Gasteiger partial charge >= 0.3 is 0 Å². The molecule has 2 amide bonds. The van der Waals surface area contributed by atoms with Crippen molar-refractivity contribution < 1.29 is 9.59 Å². The van der Waals surface area contributed by atoms with Crippen LogP contribution in [0.2, 0.25) is 10.0 Å². The van der Waals surface area contributed by atoms with Crippen molar-refractivity contribution in [1.29, 1.82) is 0 Å². The van der Waals surface area contributed by atoms with Crippen LogP contribution in [0.25, 0.3) is 0 Å². The van der Waals surface area contributed by atoms with E-state index >= 15 is 0 Å². The molecule has 0 aliphatic heterocycles. The van der Waals surface area contributed by atoms with Crippen molar-refractivity contribution in [1.82, 2.24) is 10.2 Å². The molecule has 6 heteroatoms. The number of amides is 2. The zero-order valence-electron chi connectivity index (χ0n) is 21.2. The summed E-state index contributed by atoms with van der Waals surface area (Å²) in [5, 5.41) is 4.03. The van der Waals surface area contributed by atoms with Crippen molar-refractivity contribution in [2.24, 2.45) is 0 Å². The summed E-state index contributed by atoms with van der Waals surface area (Å²) >= 11 is 12.6. The number of nitrogens with zero attached hydrogens (tertiary/aromatic N) is 1. The van der Waals surface area contributed by atoms with Crippen molar-refractivity contribution in [3.8, 4) is 0 Å². The Labute approximate surface area is 224 Å². The number of halogens is 2. The molecule has 3 aromatic carbocycles. The molecule has 1 N–H and O–H groups in total. The fraction of sp³-hybridized carbons (Fsp3) is 0.333. The lowest BCUT2D eigenvalue weighted by Gasteiger charge is -2.32. The highest BCUT2D eigenvalue weighted by Crippen LogP contribution is 2.25. The smallest absolute Gasteiger partial charge is 0.243 e. The van der Waals surface area contributed by atoms with Crippen LogP contribution in [-0.2, 0) is 29.0 Å².